The van der Waals surface area contributed by atoms with Gasteiger partial charge in [-0.15, -0.1) is 11.8 Å². The van der Waals surface area contributed by atoms with E-state index >= 15 is 0 Å². The molecule has 1 saturated heterocycles. The summed E-state index contributed by atoms with van der Waals surface area (Å²) in [7, 11) is 0. The van der Waals surface area contributed by atoms with Crippen molar-refractivity contribution in [1.82, 2.24) is 10.1 Å². The van der Waals surface area contributed by atoms with E-state index in [1.807, 2.05) is 41.7 Å². The van der Waals surface area contributed by atoms with E-state index in [-0.39, 0.29) is 6.04 Å². The van der Waals surface area contributed by atoms with Gasteiger partial charge in [-0.1, -0.05) is 35.5 Å². The molecular weight excluding hydrogens is 290 g/mol. The molecular formula is C14H17N3OS2. The van der Waals surface area contributed by atoms with E-state index in [1.54, 1.807) is 0 Å². The highest BCUT2D eigenvalue weighted by atomic mass is 32.2. The molecule has 0 amide bonds. The molecule has 0 radical (unpaired) electrons. The van der Waals surface area contributed by atoms with E-state index in [0.717, 1.165) is 23.8 Å². The molecule has 2 atom stereocenters. The normalized spacial score (nSPS) is 20.8. The van der Waals surface area contributed by atoms with Crippen molar-refractivity contribution in [2.45, 2.75) is 17.7 Å². The first-order chi connectivity index (χ1) is 9.83. The maximum absolute atomic E-state index is 6.16. The van der Waals surface area contributed by atoms with Gasteiger partial charge in [-0.3, -0.25) is 0 Å². The number of hydrogen-bond donors (Lipinski definition) is 1. The Morgan fingerprint density at radius 1 is 1.30 bits per heavy atom. The zero-order valence-corrected chi connectivity index (χ0v) is 12.7. The van der Waals surface area contributed by atoms with Crippen LogP contribution in [0.3, 0.4) is 0 Å². The van der Waals surface area contributed by atoms with Gasteiger partial charge >= 0.3 is 0 Å². The van der Waals surface area contributed by atoms with Crippen LogP contribution in [0.4, 0.5) is 0 Å². The molecule has 0 saturated carbocycles. The van der Waals surface area contributed by atoms with Gasteiger partial charge in [0, 0.05) is 17.3 Å². The number of nitrogens with two attached hydrogens (primary N) is 1. The van der Waals surface area contributed by atoms with Crippen LogP contribution >= 0.6 is 23.5 Å². The van der Waals surface area contributed by atoms with Crippen LogP contribution in [-0.2, 0) is 6.42 Å². The predicted molar refractivity (Wildman–Crippen MR) is 83.9 cm³/mol. The zero-order chi connectivity index (χ0) is 13.8. The summed E-state index contributed by atoms with van der Waals surface area (Å²) in [4.78, 5) is 4.49. The Morgan fingerprint density at radius 3 is 2.90 bits per heavy atom. The first kappa shape index (κ1) is 14.0. The van der Waals surface area contributed by atoms with Gasteiger partial charge in [0.1, 0.15) is 0 Å². The maximum atomic E-state index is 6.16. The van der Waals surface area contributed by atoms with E-state index in [2.05, 4.69) is 22.3 Å². The molecule has 0 spiro atoms. The fraction of sp³-hybridized carbons (Fsp3) is 0.429. The van der Waals surface area contributed by atoms with Gasteiger partial charge in [0.25, 0.3) is 0 Å². The van der Waals surface area contributed by atoms with Crippen molar-refractivity contribution in [2.24, 2.45) is 5.73 Å². The third-order valence-electron chi connectivity index (χ3n) is 3.18. The second-order valence-electron chi connectivity index (χ2n) is 4.72. The molecule has 1 unspecified atom stereocenters. The predicted octanol–water partition coefficient (Wildman–Crippen LogP) is 2.83. The molecule has 0 bridgehead atoms. The summed E-state index contributed by atoms with van der Waals surface area (Å²) in [6.45, 7) is 0. The van der Waals surface area contributed by atoms with Crippen LogP contribution in [0.2, 0.25) is 0 Å². The lowest BCUT2D eigenvalue weighted by Gasteiger charge is -2.17. The lowest BCUT2D eigenvalue weighted by atomic mass is 10.1. The molecule has 0 aliphatic carbocycles. The summed E-state index contributed by atoms with van der Waals surface area (Å²) in [5.41, 5.74) is 7.34. The summed E-state index contributed by atoms with van der Waals surface area (Å²) in [6.07, 6.45) is 0.717. The van der Waals surface area contributed by atoms with Crippen LogP contribution in [0.15, 0.2) is 34.9 Å². The molecule has 1 fully saturated rings. The first-order valence-electron chi connectivity index (χ1n) is 6.65. The molecule has 20 heavy (non-hydrogen) atoms. The number of aromatic nitrogens is 2. The molecule has 1 aromatic carbocycles. The Bertz CT molecular complexity index is 540. The SMILES string of the molecule is N[C@@H](Cc1ccccc1)c1nc(C2CSCCS2)no1. The lowest BCUT2D eigenvalue weighted by molar-refractivity contribution is 0.350. The highest BCUT2D eigenvalue weighted by Crippen LogP contribution is 2.35. The highest BCUT2D eigenvalue weighted by molar-refractivity contribution is 8.06. The lowest BCUT2D eigenvalue weighted by Crippen LogP contribution is -2.14. The number of thioether (sulfide) groups is 2. The minimum atomic E-state index is -0.236. The molecule has 3 rings (SSSR count). The molecule has 4 nitrogen and oxygen atoms in total. The van der Waals surface area contributed by atoms with Gasteiger partial charge in [-0.05, 0) is 12.0 Å². The van der Waals surface area contributed by atoms with Crippen LogP contribution in [0.1, 0.15) is 28.6 Å². The van der Waals surface area contributed by atoms with Crippen molar-refractivity contribution in [3.63, 3.8) is 0 Å². The fourth-order valence-electron chi connectivity index (χ4n) is 2.12. The molecule has 2 N–H and O–H groups in total. The second-order valence-corrected chi connectivity index (χ2v) is 7.18. The first-order valence-corrected chi connectivity index (χ1v) is 8.85. The molecule has 2 heterocycles. The van der Waals surface area contributed by atoms with Crippen molar-refractivity contribution >= 4 is 23.5 Å². The molecule has 1 aliphatic heterocycles. The number of hydrogen-bond acceptors (Lipinski definition) is 6. The van der Waals surface area contributed by atoms with Crippen LogP contribution in [0.5, 0.6) is 0 Å². The minimum Gasteiger partial charge on any atom is -0.338 e. The Kier molecular flexibility index (Phi) is 4.65. The summed E-state index contributed by atoms with van der Waals surface area (Å²) >= 11 is 3.84. The molecule has 6 heteroatoms. The Morgan fingerprint density at radius 2 is 2.15 bits per heavy atom. The van der Waals surface area contributed by atoms with E-state index in [1.165, 1.54) is 11.3 Å². The molecule has 1 aromatic heterocycles. The summed E-state index contributed by atoms with van der Waals surface area (Å²) < 4.78 is 5.34. The zero-order valence-electron chi connectivity index (χ0n) is 11.1. The van der Waals surface area contributed by atoms with Gasteiger partial charge in [-0.2, -0.15) is 16.7 Å². The number of rotatable bonds is 4. The van der Waals surface area contributed by atoms with Crippen LogP contribution in [0.25, 0.3) is 0 Å². The topological polar surface area (TPSA) is 64.9 Å². The van der Waals surface area contributed by atoms with Crippen LogP contribution in [-0.4, -0.2) is 27.4 Å². The van der Waals surface area contributed by atoms with Crippen molar-refractivity contribution in [1.29, 1.82) is 0 Å². The maximum Gasteiger partial charge on any atom is 0.243 e. The van der Waals surface area contributed by atoms with Crippen molar-refractivity contribution < 1.29 is 4.52 Å². The largest absolute Gasteiger partial charge is 0.338 e. The smallest absolute Gasteiger partial charge is 0.243 e. The fourth-order valence-corrected chi connectivity index (χ4v) is 4.71. The third-order valence-corrected chi connectivity index (χ3v) is 5.93. The number of nitrogens with zero attached hydrogens (tertiary/aromatic N) is 2. The van der Waals surface area contributed by atoms with E-state index in [0.29, 0.717) is 11.1 Å². The van der Waals surface area contributed by atoms with Gasteiger partial charge in [0.2, 0.25) is 5.89 Å². The van der Waals surface area contributed by atoms with Crippen LogP contribution < -0.4 is 5.73 Å². The van der Waals surface area contributed by atoms with Crippen LogP contribution in [0, 0.1) is 0 Å². The van der Waals surface area contributed by atoms with E-state index < -0.39 is 0 Å². The van der Waals surface area contributed by atoms with E-state index in [9.17, 15) is 0 Å². The Balaban J connectivity index is 1.66. The van der Waals surface area contributed by atoms with Gasteiger partial charge < -0.3 is 10.3 Å². The van der Waals surface area contributed by atoms with Gasteiger partial charge in [0.15, 0.2) is 5.82 Å². The summed E-state index contributed by atoms with van der Waals surface area (Å²) in [6, 6.07) is 9.90. The Hall–Kier alpha value is -0.980. The molecule has 2 aromatic rings. The minimum absolute atomic E-state index is 0.236. The standard InChI is InChI=1S/C14H17N3OS2/c15-11(8-10-4-2-1-3-5-10)14-16-13(17-18-14)12-9-19-6-7-20-12/h1-5,11-12H,6-9,15H2/t11-,12?/m0/s1. The quantitative estimate of drug-likeness (QED) is 0.937. The molecule has 106 valence electrons. The van der Waals surface area contributed by atoms with Gasteiger partial charge in [-0.25, -0.2) is 0 Å². The Labute approximate surface area is 126 Å². The summed E-state index contributed by atoms with van der Waals surface area (Å²) in [5, 5.41) is 4.45. The highest BCUT2D eigenvalue weighted by Gasteiger charge is 2.23. The van der Waals surface area contributed by atoms with Gasteiger partial charge in [0.05, 0.1) is 11.3 Å². The molecule has 1 aliphatic rings. The van der Waals surface area contributed by atoms with E-state index in [4.69, 9.17) is 10.3 Å². The average molecular weight is 307 g/mol. The third kappa shape index (κ3) is 3.37. The summed E-state index contributed by atoms with van der Waals surface area (Å²) in [5.74, 6) is 4.74. The van der Waals surface area contributed by atoms with Crippen molar-refractivity contribution in [3.8, 4) is 0 Å². The number of benzene rings is 1. The van der Waals surface area contributed by atoms with Crippen molar-refractivity contribution in [3.05, 3.63) is 47.6 Å². The van der Waals surface area contributed by atoms with Crippen molar-refractivity contribution in [2.75, 3.05) is 17.3 Å². The second kappa shape index (κ2) is 6.65. The average Bonchev–Trinajstić information content (AvgIpc) is 2.99. The monoisotopic (exact) mass is 307 g/mol.